The second kappa shape index (κ2) is 6.93. The fourth-order valence-electron chi connectivity index (χ4n) is 1.80. The van der Waals surface area contributed by atoms with Crippen molar-refractivity contribution < 1.29 is 0 Å². The van der Waals surface area contributed by atoms with E-state index < -0.39 is 0 Å². The third-order valence-electron chi connectivity index (χ3n) is 3.71. The van der Waals surface area contributed by atoms with Crippen molar-refractivity contribution in [3.8, 4) is 0 Å². The van der Waals surface area contributed by atoms with E-state index in [0.717, 1.165) is 30.9 Å². The standard InChI is InChI=1S/C14H24ClN3/c1-5-14(6-2,8-15)9-16-13-7-12(11(3)4)17-10-18-13/h7,10-11H,5-6,8-9H2,1-4H3,(H,16,17,18). The molecule has 4 heteroatoms. The van der Waals surface area contributed by atoms with Gasteiger partial charge in [0.1, 0.15) is 12.1 Å². The van der Waals surface area contributed by atoms with Gasteiger partial charge >= 0.3 is 0 Å². The van der Waals surface area contributed by atoms with Crippen molar-refractivity contribution in [1.29, 1.82) is 0 Å². The van der Waals surface area contributed by atoms with E-state index in [2.05, 4.69) is 43.0 Å². The van der Waals surface area contributed by atoms with Crippen LogP contribution in [0.3, 0.4) is 0 Å². The second-order valence-electron chi connectivity index (χ2n) is 5.18. The van der Waals surface area contributed by atoms with Crippen LogP contribution >= 0.6 is 11.6 Å². The molecule has 0 bridgehead atoms. The molecule has 0 aliphatic carbocycles. The number of nitrogens with one attached hydrogen (secondary N) is 1. The molecule has 0 unspecified atom stereocenters. The van der Waals surface area contributed by atoms with Crippen LogP contribution in [0.25, 0.3) is 0 Å². The summed E-state index contributed by atoms with van der Waals surface area (Å²) in [6, 6.07) is 2.02. The first-order chi connectivity index (χ1) is 8.56. The molecule has 1 heterocycles. The number of anilines is 1. The Morgan fingerprint density at radius 3 is 2.44 bits per heavy atom. The van der Waals surface area contributed by atoms with E-state index in [9.17, 15) is 0 Å². The maximum Gasteiger partial charge on any atom is 0.129 e. The Bertz CT molecular complexity index is 354. The van der Waals surface area contributed by atoms with Gasteiger partial charge in [0.05, 0.1) is 0 Å². The minimum Gasteiger partial charge on any atom is -0.369 e. The number of alkyl halides is 1. The van der Waals surface area contributed by atoms with Crippen molar-refractivity contribution in [3.63, 3.8) is 0 Å². The van der Waals surface area contributed by atoms with Gasteiger partial charge in [-0.3, -0.25) is 0 Å². The molecule has 1 N–H and O–H groups in total. The maximum atomic E-state index is 6.10. The molecule has 0 aromatic carbocycles. The van der Waals surface area contributed by atoms with Gasteiger partial charge in [0.25, 0.3) is 0 Å². The smallest absolute Gasteiger partial charge is 0.129 e. The SMILES string of the molecule is CCC(CC)(CCl)CNc1cc(C(C)C)ncn1. The lowest BCUT2D eigenvalue weighted by molar-refractivity contribution is 0.326. The maximum absolute atomic E-state index is 6.10. The summed E-state index contributed by atoms with van der Waals surface area (Å²) < 4.78 is 0. The van der Waals surface area contributed by atoms with Crippen molar-refractivity contribution in [2.45, 2.75) is 46.5 Å². The summed E-state index contributed by atoms with van der Waals surface area (Å²) in [6.45, 7) is 9.50. The van der Waals surface area contributed by atoms with E-state index >= 15 is 0 Å². The molecule has 3 nitrogen and oxygen atoms in total. The highest BCUT2D eigenvalue weighted by molar-refractivity contribution is 6.18. The molecule has 0 radical (unpaired) electrons. The van der Waals surface area contributed by atoms with Crippen LogP contribution in [-0.4, -0.2) is 22.4 Å². The highest BCUT2D eigenvalue weighted by atomic mass is 35.5. The molecule has 1 rings (SSSR count). The predicted molar refractivity (Wildman–Crippen MR) is 78.3 cm³/mol. The average Bonchev–Trinajstić information content (AvgIpc) is 2.41. The van der Waals surface area contributed by atoms with Crippen LogP contribution in [0, 0.1) is 5.41 Å². The average molecular weight is 270 g/mol. The predicted octanol–water partition coefficient (Wildman–Crippen LogP) is 4.06. The number of rotatable bonds is 7. The van der Waals surface area contributed by atoms with Crippen molar-refractivity contribution in [2.24, 2.45) is 5.41 Å². The Morgan fingerprint density at radius 1 is 1.28 bits per heavy atom. The minimum atomic E-state index is 0.157. The molecule has 1 aromatic rings. The van der Waals surface area contributed by atoms with E-state index in [1.807, 2.05) is 6.07 Å². The quantitative estimate of drug-likeness (QED) is 0.759. The van der Waals surface area contributed by atoms with Crippen LogP contribution in [-0.2, 0) is 0 Å². The third-order valence-corrected chi connectivity index (χ3v) is 4.27. The van der Waals surface area contributed by atoms with E-state index in [0.29, 0.717) is 11.8 Å². The first-order valence-electron chi connectivity index (χ1n) is 6.68. The third kappa shape index (κ3) is 3.84. The van der Waals surface area contributed by atoms with Crippen LogP contribution in [0.4, 0.5) is 5.82 Å². The highest BCUT2D eigenvalue weighted by Gasteiger charge is 2.24. The zero-order valence-corrected chi connectivity index (χ0v) is 12.6. The molecular weight excluding hydrogens is 246 g/mol. The van der Waals surface area contributed by atoms with Crippen LogP contribution in [0.1, 0.15) is 52.1 Å². The molecule has 0 aliphatic rings. The van der Waals surface area contributed by atoms with Crippen molar-refractivity contribution in [2.75, 3.05) is 17.7 Å². The lowest BCUT2D eigenvalue weighted by atomic mass is 9.84. The first-order valence-corrected chi connectivity index (χ1v) is 7.22. The van der Waals surface area contributed by atoms with Gasteiger partial charge in [-0.15, -0.1) is 11.6 Å². The normalized spacial score (nSPS) is 11.9. The Morgan fingerprint density at radius 2 is 1.94 bits per heavy atom. The highest BCUT2D eigenvalue weighted by Crippen LogP contribution is 2.28. The summed E-state index contributed by atoms with van der Waals surface area (Å²) in [5.74, 6) is 1.99. The number of halogens is 1. The van der Waals surface area contributed by atoms with Crippen LogP contribution < -0.4 is 5.32 Å². The minimum absolute atomic E-state index is 0.157. The summed E-state index contributed by atoms with van der Waals surface area (Å²) >= 11 is 6.10. The zero-order chi connectivity index (χ0) is 13.6. The molecule has 0 spiro atoms. The monoisotopic (exact) mass is 269 g/mol. The number of hydrogen-bond donors (Lipinski definition) is 1. The molecular formula is C14H24ClN3. The van der Waals surface area contributed by atoms with E-state index in [4.69, 9.17) is 11.6 Å². The molecule has 0 aliphatic heterocycles. The molecule has 0 amide bonds. The fraction of sp³-hybridized carbons (Fsp3) is 0.714. The number of aromatic nitrogens is 2. The molecule has 0 saturated heterocycles. The summed E-state index contributed by atoms with van der Waals surface area (Å²) in [5.41, 5.74) is 1.22. The Labute approximate surface area is 115 Å². The molecule has 18 heavy (non-hydrogen) atoms. The van der Waals surface area contributed by atoms with Gasteiger partial charge in [0.15, 0.2) is 0 Å². The number of nitrogens with zero attached hydrogens (tertiary/aromatic N) is 2. The lowest BCUT2D eigenvalue weighted by Gasteiger charge is -2.29. The summed E-state index contributed by atoms with van der Waals surface area (Å²) in [6.07, 6.45) is 3.77. The molecule has 0 fully saturated rings. The molecule has 1 aromatic heterocycles. The van der Waals surface area contributed by atoms with Crippen LogP contribution in [0.15, 0.2) is 12.4 Å². The zero-order valence-electron chi connectivity index (χ0n) is 11.8. The van der Waals surface area contributed by atoms with Gasteiger partial charge in [-0.05, 0) is 18.8 Å². The van der Waals surface area contributed by atoms with E-state index in [1.165, 1.54) is 0 Å². The van der Waals surface area contributed by atoms with Gasteiger partial charge in [0.2, 0.25) is 0 Å². The van der Waals surface area contributed by atoms with Crippen LogP contribution in [0.2, 0.25) is 0 Å². The lowest BCUT2D eigenvalue weighted by Crippen LogP contribution is -2.30. The van der Waals surface area contributed by atoms with Gasteiger partial charge < -0.3 is 5.32 Å². The van der Waals surface area contributed by atoms with Crippen molar-refractivity contribution >= 4 is 17.4 Å². The van der Waals surface area contributed by atoms with E-state index in [1.54, 1.807) is 6.33 Å². The van der Waals surface area contributed by atoms with Crippen molar-refractivity contribution in [3.05, 3.63) is 18.1 Å². The summed E-state index contributed by atoms with van der Waals surface area (Å²) in [4.78, 5) is 8.53. The Kier molecular flexibility index (Phi) is 5.86. The van der Waals surface area contributed by atoms with Gasteiger partial charge in [0, 0.05) is 29.6 Å². The Hall–Kier alpha value is -0.830. The van der Waals surface area contributed by atoms with Gasteiger partial charge in [-0.2, -0.15) is 0 Å². The van der Waals surface area contributed by atoms with Crippen molar-refractivity contribution in [1.82, 2.24) is 9.97 Å². The summed E-state index contributed by atoms with van der Waals surface area (Å²) in [7, 11) is 0. The first kappa shape index (κ1) is 15.2. The molecule has 0 saturated carbocycles. The Balaban J connectivity index is 2.70. The second-order valence-corrected chi connectivity index (χ2v) is 5.44. The van der Waals surface area contributed by atoms with E-state index in [-0.39, 0.29) is 5.41 Å². The van der Waals surface area contributed by atoms with Gasteiger partial charge in [-0.25, -0.2) is 9.97 Å². The topological polar surface area (TPSA) is 37.8 Å². The van der Waals surface area contributed by atoms with Crippen LogP contribution in [0.5, 0.6) is 0 Å². The molecule has 0 atom stereocenters. The fourth-order valence-corrected chi connectivity index (χ4v) is 2.27. The molecule has 102 valence electrons. The largest absolute Gasteiger partial charge is 0.369 e. The summed E-state index contributed by atoms with van der Waals surface area (Å²) in [5, 5.41) is 3.40. The number of hydrogen-bond acceptors (Lipinski definition) is 3. The van der Waals surface area contributed by atoms with Gasteiger partial charge in [-0.1, -0.05) is 27.7 Å².